The summed E-state index contributed by atoms with van der Waals surface area (Å²) in [4.78, 5) is 0. The molecule has 0 atom stereocenters. The first kappa shape index (κ1) is 11.6. The molecule has 1 aromatic rings. The van der Waals surface area contributed by atoms with Crippen LogP contribution in [0.3, 0.4) is 0 Å². The number of ether oxygens (including phenoxy) is 1. The Labute approximate surface area is 86.6 Å². The van der Waals surface area contributed by atoms with Gasteiger partial charge in [-0.05, 0) is 12.1 Å². The van der Waals surface area contributed by atoms with Crippen LogP contribution in [-0.4, -0.2) is 7.11 Å². The predicted molar refractivity (Wildman–Crippen MR) is 56.1 cm³/mol. The third kappa shape index (κ3) is 2.89. The second-order valence-electron chi connectivity index (χ2n) is 2.02. The molecule has 3 N–H and O–H groups in total. The molecule has 1 aromatic carbocycles. The Morgan fingerprint density at radius 2 is 2.08 bits per heavy atom. The van der Waals surface area contributed by atoms with Crippen LogP contribution in [0.15, 0.2) is 18.2 Å². The summed E-state index contributed by atoms with van der Waals surface area (Å²) in [5, 5.41) is 0.595. The molecule has 3 nitrogen and oxygen atoms in total. The number of hydrogen-bond donors (Lipinski definition) is 2. The Morgan fingerprint density at radius 1 is 1.42 bits per heavy atom. The lowest BCUT2D eigenvalue weighted by atomic mass is 10.3. The van der Waals surface area contributed by atoms with Gasteiger partial charge in [0, 0.05) is 11.1 Å². The van der Waals surface area contributed by atoms with E-state index in [4.69, 9.17) is 22.2 Å². The molecule has 0 radical (unpaired) electrons. The van der Waals surface area contributed by atoms with Crippen LogP contribution in [0.4, 0.5) is 5.69 Å². The lowest BCUT2D eigenvalue weighted by Gasteiger charge is -2.03. The quantitative estimate of drug-likeness (QED) is 0.627. The van der Waals surface area contributed by atoms with E-state index in [0.29, 0.717) is 10.8 Å². The van der Waals surface area contributed by atoms with E-state index >= 15 is 0 Å². The fourth-order valence-electron chi connectivity index (χ4n) is 0.764. The molecule has 5 heteroatoms. The summed E-state index contributed by atoms with van der Waals surface area (Å²) in [6, 6.07) is 5.18. The number of nitrogen functional groups attached to an aromatic ring is 1. The van der Waals surface area contributed by atoms with E-state index in [1.165, 1.54) is 0 Å². The molecule has 0 aliphatic rings. The molecule has 0 unspecified atom stereocenters. The highest BCUT2D eigenvalue weighted by molar-refractivity contribution is 8.93. The Morgan fingerprint density at radius 3 is 2.58 bits per heavy atom. The first-order valence-electron chi connectivity index (χ1n) is 3.07. The summed E-state index contributed by atoms with van der Waals surface area (Å²) in [7, 11) is 1.58. The van der Waals surface area contributed by atoms with E-state index in [0.717, 1.165) is 5.69 Å². The van der Waals surface area contributed by atoms with E-state index in [9.17, 15) is 0 Å². The SMILES string of the molecule is Br.COc1cc(Cl)cc(NN)c1. The number of hydrazine groups is 1. The van der Waals surface area contributed by atoms with Crippen molar-refractivity contribution < 1.29 is 4.74 Å². The minimum atomic E-state index is 0. The smallest absolute Gasteiger partial charge is 0.122 e. The highest BCUT2D eigenvalue weighted by Crippen LogP contribution is 2.22. The Balaban J connectivity index is 0.00000121. The zero-order chi connectivity index (χ0) is 8.27. The Bertz CT molecular complexity index is 235. The first-order chi connectivity index (χ1) is 5.26. The van der Waals surface area contributed by atoms with Gasteiger partial charge in [-0.15, -0.1) is 17.0 Å². The molecule has 0 aromatic heterocycles. The van der Waals surface area contributed by atoms with Gasteiger partial charge in [-0.1, -0.05) is 11.6 Å². The summed E-state index contributed by atoms with van der Waals surface area (Å²) in [6.45, 7) is 0. The average Bonchev–Trinajstić information content (AvgIpc) is 2.03. The van der Waals surface area contributed by atoms with Crippen molar-refractivity contribution >= 4 is 34.3 Å². The number of nitrogens with two attached hydrogens (primary N) is 1. The van der Waals surface area contributed by atoms with Crippen molar-refractivity contribution in [3.63, 3.8) is 0 Å². The molecule has 0 saturated carbocycles. The van der Waals surface area contributed by atoms with Crippen LogP contribution in [0, 0.1) is 0 Å². The number of rotatable bonds is 2. The molecule has 0 fully saturated rings. The topological polar surface area (TPSA) is 47.3 Å². The molecule has 1 rings (SSSR count). The molecule has 0 amide bonds. The summed E-state index contributed by atoms with van der Waals surface area (Å²) in [6.07, 6.45) is 0. The average molecular weight is 254 g/mol. The molecule has 68 valence electrons. The molecular weight excluding hydrogens is 243 g/mol. The maximum absolute atomic E-state index is 5.73. The zero-order valence-corrected chi connectivity index (χ0v) is 8.97. The molecule has 0 bridgehead atoms. The van der Waals surface area contributed by atoms with Crippen molar-refractivity contribution in [1.82, 2.24) is 0 Å². The van der Waals surface area contributed by atoms with Gasteiger partial charge in [-0.25, -0.2) is 0 Å². The molecule has 0 aliphatic carbocycles. The van der Waals surface area contributed by atoms with Crippen LogP contribution in [0.25, 0.3) is 0 Å². The monoisotopic (exact) mass is 252 g/mol. The fourth-order valence-corrected chi connectivity index (χ4v) is 0.989. The highest BCUT2D eigenvalue weighted by atomic mass is 79.9. The molecule has 0 heterocycles. The van der Waals surface area contributed by atoms with Crippen LogP contribution in [0.5, 0.6) is 5.75 Å². The second kappa shape index (κ2) is 5.24. The Hall–Kier alpha value is -0.450. The van der Waals surface area contributed by atoms with Crippen molar-refractivity contribution in [1.29, 1.82) is 0 Å². The van der Waals surface area contributed by atoms with E-state index in [1.807, 2.05) is 0 Å². The molecule has 12 heavy (non-hydrogen) atoms. The van der Waals surface area contributed by atoms with E-state index in [2.05, 4.69) is 5.43 Å². The third-order valence-corrected chi connectivity index (χ3v) is 1.49. The van der Waals surface area contributed by atoms with E-state index in [-0.39, 0.29) is 17.0 Å². The molecule has 0 aliphatic heterocycles. The van der Waals surface area contributed by atoms with Gasteiger partial charge in [0.2, 0.25) is 0 Å². The minimum Gasteiger partial charge on any atom is -0.497 e. The minimum absolute atomic E-state index is 0. The normalized spacial score (nSPS) is 8.58. The lowest BCUT2D eigenvalue weighted by molar-refractivity contribution is 0.415. The second-order valence-corrected chi connectivity index (χ2v) is 2.46. The van der Waals surface area contributed by atoms with E-state index in [1.54, 1.807) is 25.3 Å². The third-order valence-electron chi connectivity index (χ3n) is 1.27. The van der Waals surface area contributed by atoms with Crippen LogP contribution in [0.1, 0.15) is 0 Å². The van der Waals surface area contributed by atoms with Gasteiger partial charge < -0.3 is 10.2 Å². The lowest BCUT2D eigenvalue weighted by Crippen LogP contribution is -2.06. The van der Waals surface area contributed by atoms with Crippen LogP contribution in [0.2, 0.25) is 5.02 Å². The number of benzene rings is 1. The van der Waals surface area contributed by atoms with Crippen LogP contribution in [-0.2, 0) is 0 Å². The molecule has 0 spiro atoms. The summed E-state index contributed by atoms with van der Waals surface area (Å²) in [5.41, 5.74) is 3.21. The molecular formula is C7H10BrClN2O. The zero-order valence-electron chi connectivity index (χ0n) is 6.50. The number of halogens is 2. The number of methoxy groups -OCH3 is 1. The van der Waals surface area contributed by atoms with Crippen LogP contribution >= 0.6 is 28.6 Å². The van der Waals surface area contributed by atoms with Crippen molar-refractivity contribution in [3.8, 4) is 5.75 Å². The van der Waals surface area contributed by atoms with Crippen molar-refractivity contribution in [2.45, 2.75) is 0 Å². The van der Waals surface area contributed by atoms with Gasteiger partial charge in [0.05, 0.1) is 12.8 Å². The summed E-state index contributed by atoms with van der Waals surface area (Å²) in [5.74, 6) is 5.86. The molecule has 0 saturated heterocycles. The van der Waals surface area contributed by atoms with Crippen LogP contribution < -0.4 is 16.0 Å². The van der Waals surface area contributed by atoms with Gasteiger partial charge in [0.15, 0.2) is 0 Å². The van der Waals surface area contributed by atoms with Crippen molar-refractivity contribution in [2.24, 2.45) is 5.84 Å². The van der Waals surface area contributed by atoms with Crippen molar-refractivity contribution in [3.05, 3.63) is 23.2 Å². The maximum atomic E-state index is 5.73. The summed E-state index contributed by atoms with van der Waals surface area (Å²) >= 11 is 5.73. The van der Waals surface area contributed by atoms with E-state index < -0.39 is 0 Å². The van der Waals surface area contributed by atoms with Gasteiger partial charge in [-0.2, -0.15) is 0 Å². The fraction of sp³-hybridized carbons (Fsp3) is 0.143. The predicted octanol–water partition coefficient (Wildman–Crippen LogP) is 2.21. The van der Waals surface area contributed by atoms with Crippen molar-refractivity contribution in [2.75, 3.05) is 12.5 Å². The number of hydrogen-bond acceptors (Lipinski definition) is 3. The maximum Gasteiger partial charge on any atom is 0.122 e. The highest BCUT2D eigenvalue weighted by Gasteiger charge is 1.96. The largest absolute Gasteiger partial charge is 0.497 e. The summed E-state index contributed by atoms with van der Waals surface area (Å²) < 4.78 is 4.96. The first-order valence-corrected chi connectivity index (χ1v) is 3.45. The van der Waals surface area contributed by atoms with Gasteiger partial charge in [0.1, 0.15) is 5.75 Å². The number of anilines is 1. The van der Waals surface area contributed by atoms with Gasteiger partial charge >= 0.3 is 0 Å². The van der Waals surface area contributed by atoms with Gasteiger partial charge in [0.25, 0.3) is 0 Å². The number of nitrogens with one attached hydrogen (secondary N) is 1. The van der Waals surface area contributed by atoms with Gasteiger partial charge in [-0.3, -0.25) is 5.84 Å². The Kier molecular flexibility index (Phi) is 5.04. The standard InChI is InChI=1S/C7H9ClN2O.BrH/c1-11-7-3-5(8)2-6(4-7)10-9;/h2-4,10H,9H2,1H3;1H.